The molecule has 2 heteroatoms. The lowest BCUT2D eigenvalue weighted by atomic mass is 10.0. The van der Waals surface area contributed by atoms with Gasteiger partial charge < -0.3 is 0 Å². The molecule has 0 bridgehead atoms. The van der Waals surface area contributed by atoms with E-state index in [0.717, 1.165) is 33.5 Å². The van der Waals surface area contributed by atoms with Crippen molar-refractivity contribution in [1.82, 2.24) is 4.98 Å². The fourth-order valence-corrected chi connectivity index (χ4v) is 2.11. The first-order valence-corrected chi connectivity index (χ1v) is 5.15. The Bertz CT molecular complexity index is 534. The maximum absolute atomic E-state index is 4.30. The summed E-state index contributed by atoms with van der Waals surface area (Å²) in [6, 6.07) is 2.00. The van der Waals surface area contributed by atoms with Crippen LogP contribution in [0.2, 0.25) is 0 Å². The maximum Gasteiger partial charge on any atom is 0.0457 e. The van der Waals surface area contributed by atoms with Gasteiger partial charge in [-0.1, -0.05) is 19.2 Å². The van der Waals surface area contributed by atoms with Gasteiger partial charge >= 0.3 is 0 Å². The molecule has 0 amide bonds. The van der Waals surface area contributed by atoms with Gasteiger partial charge in [0.15, 0.2) is 0 Å². The van der Waals surface area contributed by atoms with Crippen molar-refractivity contribution in [2.45, 2.75) is 6.92 Å². The fraction of sp³-hybridized carbons (Fsp3) is 0.143. The first-order valence-electron chi connectivity index (χ1n) is 5.15. The topological polar surface area (TPSA) is 25.2 Å². The van der Waals surface area contributed by atoms with E-state index in [1.807, 2.05) is 31.5 Å². The molecule has 0 unspecified atom stereocenters. The first kappa shape index (κ1) is 10.6. The molecule has 1 aromatic heterocycles. The SMILES string of the molecule is C=CC1=C(/C=N\C)C(=C)c2c1ccnc2C. The third-order valence-electron chi connectivity index (χ3n) is 2.81. The molecule has 0 N–H and O–H groups in total. The second-order valence-electron chi connectivity index (χ2n) is 3.72. The summed E-state index contributed by atoms with van der Waals surface area (Å²) in [5, 5.41) is 0. The fourth-order valence-electron chi connectivity index (χ4n) is 2.11. The normalized spacial score (nSPS) is 14.8. The Hall–Kier alpha value is -1.96. The van der Waals surface area contributed by atoms with Gasteiger partial charge in [-0.25, -0.2) is 0 Å². The van der Waals surface area contributed by atoms with E-state index in [2.05, 4.69) is 23.1 Å². The van der Waals surface area contributed by atoms with Gasteiger partial charge in [0.05, 0.1) is 0 Å². The van der Waals surface area contributed by atoms with E-state index >= 15 is 0 Å². The standard InChI is InChI=1S/C14H14N2/c1-5-11-12-6-7-16-10(3)14(12)9(2)13(11)8-15-4/h5-8H,1-2H2,3-4H3/b15-8-. The Morgan fingerprint density at radius 1 is 1.38 bits per heavy atom. The van der Waals surface area contributed by atoms with Crippen molar-refractivity contribution >= 4 is 17.4 Å². The van der Waals surface area contributed by atoms with Gasteiger partial charge in [0.2, 0.25) is 0 Å². The summed E-state index contributed by atoms with van der Waals surface area (Å²) < 4.78 is 0. The van der Waals surface area contributed by atoms with Crippen LogP contribution in [-0.4, -0.2) is 18.2 Å². The van der Waals surface area contributed by atoms with E-state index in [4.69, 9.17) is 0 Å². The van der Waals surface area contributed by atoms with Crippen LogP contribution in [-0.2, 0) is 0 Å². The van der Waals surface area contributed by atoms with Crippen LogP contribution in [0.5, 0.6) is 0 Å². The minimum Gasteiger partial charge on any atom is -0.296 e. The number of hydrogen-bond acceptors (Lipinski definition) is 2. The minimum atomic E-state index is 0.987. The van der Waals surface area contributed by atoms with Crippen LogP contribution in [0, 0.1) is 6.92 Å². The van der Waals surface area contributed by atoms with E-state index in [0.29, 0.717) is 0 Å². The van der Waals surface area contributed by atoms with Gasteiger partial charge in [0, 0.05) is 36.3 Å². The van der Waals surface area contributed by atoms with Gasteiger partial charge in [-0.05, 0) is 29.7 Å². The van der Waals surface area contributed by atoms with Gasteiger partial charge in [0.1, 0.15) is 0 Å². The quantitative estimate of drug-likeness (QED) is 0.689. The second-order valence-corrected chi connectivity index (χ2v) is 3.72. The van der Waals surface area contributed by atoms with Gasteiger partial charge in [-0.15, -0.1) is 0 Å². The predicted octanol–water partition coefficient (Wildman–Crippen LogP) is 3.06. The van der Waals surface area contributed by atoms with Crippen molar-refractivity contribution in [3.05, 3.63) is 53.9 Å². The Labute approximate surface area is 95.8 Å². The van der Waals surface area contributed by atoms with Crippen molar-refractivity contribution in [1.29, 1.82) is 0 Å². The van der Waals surface area contributed by atoms with Crippen LogP contribution in [0.25, 0.3) is 11.1 Å². The lowest BCUT2D eigenvalue weighted by Gasteiger charge is -2.04. The number of fused-ring (bicyclic) bond motifs is 1. The third-order valence-corrected chi connectivity index (χ3v) is 2.81. The summed E-state index contributed by atoms with van der Waals surface area (Å²) in [6.45, 7) is 9.97. The summed E-state index contributed by atoms with van der Waals surface area (Å²) in [7, 11) is 1.76. The molecule has 1 aromatic rings. The number of pyridine rings is 1. The summed E-state index contributed by atoms with van der Waals surface area (Å²) in [5.41, 5.74) is 6.40. The largest absolute Gasteiger partial charge is 0.296 e. The zero-order valence-electron chi connectivity index (χ0n) is 9.62. The van der Waals surface area contributed by atoms with E-state index in [1.54, 1.807) is 7.05 Å². The minimum absolute atomic E-state index is 0.987. The maximum atomic E-state index is 4.30. The van der Waals surface area contributed by atoms with Crippen molar-refractivity contribution in [2.75, 3.05) is 7.05 Å². The number of aromatic nitrogens is 1. The molecule has 1 heterocycles. The van der Waals surface area contributed by atoms with Crippen LogP contribution in [0.4, 0.5) is 0 Å². The Morgan fingerprint density at radius 3 is 2.75 bits per heavy atom. The molecule has 0 fully saturated rings. The number of rotatable bonds is 2. The summed E-state index contributed by atoms with van der Waals surface area (Å²) in [4.78, 5) is 8.37. The number of allylic oxidation sites excluding steroid dienone is 4. The van der Waals surface area contributed by atoms with E-state index in [1.165, 1.54) is 0 Å². The van der Waals surface area contributed by atoms with Crippen LogP contribution in [0.1, 0.15) is 16.8 Å². The van der Waals surface area contributed by atoms with Crippen molar-refractivity contribution in [2.24, 2.45) is 4.99 Å². The molecule has 0 saturated carbocycles. The van der Waals surface area contributed by atoms with Crippen LogP contribution in [0.3, 0.4) is 0 Å². The molecular weight excluding hydrogens is 196 g/mol. The molecule has 1 aliphatic rings. The molecular formula is C14H14N2. The highest BCUT2D eigenvalue weighted by atomic mass is 14.7. The highest BCUT2D eigenvalue weighted by molar-refractivity contribution is 6.16. The summed E-state index contributed by atoms with van der Waals surface area (Å²) in [6.07, 6.45) is 5.50. The Kier molecular flexibility index (Phi) is 2.57. The molecule has 80 valence electrons. The molecule has 0 aromatic carbocycles. The van der Waals surface area contributed by atoms with Crippen molar-refractivity contribution < 1.29 is 0 Å². The smallest absolute Gasteiger partial charge is 0.0457 e. The molecule has 0 aliphatic heterocycles. The molecule has 16 heavy (non-hydrogen) atoms. The van der Waals surface area contributed by atoms with Crippen molar-refractivity contribution in [3.8, 4) is 0 Å². The average Bonchev–Trinajstić information content (AvgIpc) is 2.54. The van der Waals surface area contributed by atoms with Crippen LogP contribution < -0.4 is 0 Å². The summed E-state index contributed by atoms with van der Waals surface area (Å²) >= 11 is 0. The van der Waals surface area contributed by atoms with Crippen molar-refractivity contribution in [3.63, 3.8) is 0 Å². The zero-order chi connectivity index (χ0) is 11.7. The van der Waals surface area contributed by atoms with Gasteiger partial charge in [0.25, 0.3) is 0 Å². The molecule has 1 aliphatic carbocycles. The molecule has 0 saturated heterocycles. The zero-order valence-corrected chi connectivity index (χ0v) is 9.62. The molecule has 2 nitrogen and oxygen atoms in total. The number of hydrogen-bond donors (Lipinski definition) is 0. The lowest BCUT2D eigenvalue weighted by Crippen LogP contribution is -1.91. The van der Waals surface area contributed by atoms with Crippen LogP contribution >= 0.6 is 0 Å². The van der Waals surface area contributed by atoms with E-state index in [-0.39, 0.29) is 0 Å². The predicted molar refractivity (Wildman–Crippen MR) is 69.5 cm³/mol. The van der Waals surface area contributed by atoms with Gasteiger partial charge in [-0.2, -0.15) is 0 Å². The lowest BCUT2D eigenvalue weighted by molar-refractivity contribution is 1.18. The molecule has 2 rings (SSSR count). The first-order chi connectivity index (χ1) is 7.70. The number of nitrogens with zero attached hydrogens (tertiary/aromatic N) is 2. The molecule has 0 spiro atoms. The Balaban J connectivity index is 2.74. The van der Waals surface area contributed by atoms with Gasteiger partial charge in [-0.3, -0.25) is 9.98 Å². The molecule has 0 radical (unpaired) electrons. The second kappa shape index (κ2) is 3.89. The van der Waals surface area contributed by atoms with E-state index in [9.17, 15) is 0 Å². The third kappa shape index (κ3) is 1.34. The highest BCUT2D eigenvalue weighted by Gasteiger charge is 2.23. The highest BCUT2D eigenvalue weighted by Crippen LogP contribution is 2.40. The van der Waals surface area contributed by atoms with E-state index < -0.39 is 0 Å². The number of aliphatic imine (C=N–C) groups is 1. The molecule has 0 atom stereocenters. The average molecular weight is 210 g/mol. The van der Waals surface area contributed by atoms with Crippen LogP contribution in [0.15, 0.2) is 42.1 Å². The Morgan fingerprint density at radius 2 is 2.12 bits per heavy atom. The number of aryl methyl sites for hydroxylation is 1. The monoisotopic (exact) mass is 210 g/mol. The summed E-state index contributed by atoms with van der Waals surface area (Å²) in [5.74, 6) is 0.